The molecule has 1 amide bonds. The van der Waals surface area contributed by atoms with Crippen molar-refractivity contribution >= 4 is 23.2 Å². The van der Waals surface area contributed by atoms with E-state index in [1.165, 1.54) is 12.1 Å². The maximum absolute atomic E-state index is 13.0. The van der Waals surface area contributed by atoms with E-state index in [1.54, 1.807) is 12.1 Å². The standard InChI is InChI=1S/C16H12ClF3N4O/c17-13-14(9-5-6-9)24(23-15(13)16(18,19)20)8-12(25)22-11-4-2-1-3-10(11)7-21/h1-4,9H,5-6,8H2,(H,22,25). The van der Waals surface area contributed by atoms with E-state index in [9.17, 15) is 18.0 Å². The summed E-state index contributed by atoms with van der Waals surface area (Å²) in [6, 6.07) is 8.27. The van der Waals surface area contributed by atoms with E-state index in [0.29, 0.717) is 12.8 Å². The number of benzene rings is 1. The third-order valence-electron chi connectivity index (χ3n) is 3.78. The Bertz CT molecular complexity index is 865. The largest absolute Gasteiger partial charge is 0.436 e. The molecule has 1 aliphatic carbocycles. The van der Waals surface area contributed by atoms with Crippen molar-refractivity contribution in [3.8, 4) is 6.07 Å². The predicted molar refractivity (Wildman–Crippen MR) is 84.0 cm³/mol. The quantitative estimate of drug-likeness (QED) is 0.888. The van der Waals surface area contributed by atoms with Crippen molar-refractivity contribution in [1.82, 2.24) is 9.78 Å². The molecule has 25 heavy (non-hydrogen) atoms. The molecule has 1 N–H and O–H groups in total. The Morgan fingerprint density at radius 2 is 2.08 bits per heavy atom. The molecule has 9 heteroatoms. The average molecular weight is 369 g/mol. The first-order chi connectivity index (χ1) is 11.8. The Kier molecular flexibility index (Phi) is 4.43. The van der Waals surface area contributed by atoms with Crippen molar-refractivity contribution in [2.24, 2.45) is 0 Å². The first-order valence-corrected chi connectivity index (χ1v) is 7.81. The topological polar surface area (TPSA) is 70.7 Å². The molecule has 0 aliphatic heterocycles. The number of alkyl halides is 3. The van der Waals surface area contributed by atoms with Crippen LogP contribution in [0.3, 0.4) is 0 Å². The lowest BCUT2D eigenvalue weighted by Crippen LogP contribution is -2.21. The Hall–Kier alpha value is -2.53. The van der Waals surface area contributed by atoms with E-state index in [0.717, 1.165) is 4.68 Å². The van der Waals surface area contributed by atoms with Gasteiger partial charge in [0.25, 0.3) is 0 Å². The van der Waals surface area contributed by atoms with Crippen LogP contribution in [0.1, 0.15) is 35.7 Å². The normalized spacial score (nSPS) is 14.2. The zero-order chi connectivity index (χ0) is 18.2. The summed E-state index contributed by atoms with van der Waals surface area (Å²) in [6.07, 6.45) is -3.26. The molecule has 5 nitrogen and oxygen atoms in total. The number of carbonyl (C=O) groups excluding carboxylic acids is 1. The van der Waals surface area contributed by atoms with E-state index in [1.807, 2.05) is 6.07 Å². The number of rotatable bonds is 4. The number of aromatic nitrogens is 2. The summed E-state index contributed by atoms with van der Waals surface area (Å²) in [5.74, 6) is -0.701. The Labute approximate surface area is 146 Å². The number of para-hydroxylation sites is 1. The van der Waals surface area contributed by atoms with Gasteiger partial charge in [-0.25, -0.2) is 0 Å². The van der Waals surface area contributed by atoms with Gasteiger partial charge in [-0.2, -0.15) is 23.5 Å². The summed E-state index contributed by atoms with van der Waals surface area (Å²) in [6.45, 7) is -0.415. The van der Waals surface area contributed by atoms with E-state index in [-0.39, 0.29) is 22.9 Å². The van der Waals surface area contributed by atoms with Crippen LogP contribution in [0.5, 0.6) is 0 Å². The Balaban J connectivity index is 1.85. The molecule has 0 bridgehead atoms. The second-order valence-corrected chi connectivity index (χ2v) is 6.06. The predicted octanol–water partition coefficient (Wildman–Crippen LogP) is 3.94. The summed E-state index contributed by atoms with van der Waals surface area (Å²) in [5, 5.41) is 14.6. The van der Waals surface area contributed by atoms with Gasteiger partial charge in [0.05, 0.1) is 22.0 Å². The number of nitrogens with zero attached hydrogens (tertiary/aromatic N) is 3. The number of carbonyl (C=O) groups is 1. The monoisotopic (exact) mass is 368 g/mol. The van der Waals surface area contributed by atoms with Crippen LogP contribution in [0.4, 0.5) is 18.9 Å². The molecule has 3 rings (SSSR count). The van der Waals surface area contributed by atoms with Crippen LogP contribution in [0.2, 0.25) is 5.02 Å². The van der Waals surface area contributed by atoms with Gasteiger partial charge in [0.1, 0.15) is 12.6 Å². The molecule has 1 saturated carbocycles. The molecule has 0 radical (unpaired) electrons. The van der Waals surface area contributed by atoms with Gasteiger partial charge in [0.15, 0.2) is 5.69 Å². The fourth-order valence-corrected chi connectivity index (χ4v) is 2.91. The van der Waals surface area contributed by atoms with Gasteiger partial charge in [0, 0.05) is 5.92 Å². The van der Waals surface area contributed by atoms with E-state index in [4.69, 9.17) is 16.9 Å². The molecular weight excluding hydrogens is 357 g/mol. The van der Waals surface area contributed by atoms with Gasteiger partial charge < -0.3 is 5.32 Å². The summed E-state index contributed by atoms with van der Waals surface area (Å²) in [4.78, 5) is 12.2. The van der Waals surface area contributed by atoms with E-state index < -0.39 is 29.3 Å². The van der Waals surface area contributed by atoms with Crippen LogP contribution in [0, 0.1) is 11.3 Å². The molecule has 2 aromatic rings. The zero-order valence-corrected chi connectivity index (χ0v) is 13.5. The number of nitrogens with one attached hydrogen (secondary N) is 1. The van der Waals surface area contributed by atoms with Crippen LogP contribution < -0.4 is 5.32 Å². The molecule has 1 aliphatic rings. The lowest BCUT2D eigenvalue weighted by molar-refractivity contribution is -0.141. The van der Waals surface area contributed by atoms with Crippen molar-refractivity contribution in [1.29, 1.82) is 5.26 Å². The average Bonchev–Trinajstić information content (AvgIpc) is 3.31. The van der Waals surface area contributed by atoms with Crippen molar-refractivity contribution in [3.05, 3.63) is 46.2 Å². The number of halogens is 4. The molecule has 0 saturated heterocycles. The first kappa shape index (κ1) is 17.3. The SMILES string of the molecule is N#Cc1ccccc1NC(=O)Cn1nc(C(F)(F)F)c(Cl)c1C1CC1. The highest BCUT2D eigenvalue weighted by Gasteiger charge is 2.42. The summed E-state index contributed by atoms with van der Waals surface area (Å²) < 4.78 is 40.0. The van der Waals surface area contributed by atoms with Crippen molar-refractivity contribution in [2.75, 3.05) is 5.32 Å². The Morgan fingerprint density at radius 3 is 2.68 bits per heavy atom. The van der Waals surface area contributed by atoms with Gasteiger partial charge in [0.2, 0.25) is 5.91 Å². The van der Waals surface area contributed by atoms with Gasteiger partial charge in [-0.1, -0.05) is 23.7 Å². The lowest BCUT2D eigenvalue weighted by atomic mass is 10.2. The lowest BCUT2D eigenvalue weighted by Gasteiger charge is -2.09. The second kappa shape index (κ2) is 6.41. The molecule has 0 unspecified atom stereocenters. The summed E-state index contributed by atoms with van der Waals surface area (Å²) >= 11 is 5.86. The highest BCUT2D eigenvalue weighted by atomic mass is 35.5. The van der Waals surface area contributed by atoms with Crippen LogP contribution in [0.25, 0.3) is 0 Å². The summed E-state index contributed by atoms with van der Waals surface area (Å²) in [5.41, 5.74) is -0.399. The number of hydrogen-bond acceptors (Lipinski definition) is 3. The van der Waals surface area contributed by atoms with Crippen molar-refractivity contribution < 1.29 is 18.0 Å². The van der Waals surface area contributed by atoms with Crippen molar-refractivity contribution in [3.63, 3.8) is 0 Å². The van der Waals surface area contributed by atoms with Crippen molar-refractivity contribution in [2.45, 2.75) is 31.5 Å². The molecule has 1 heterocycles. The van der Waals surface area contributed by atoms with E-state index in [2.05, 4.69) is 10.4 Å². The van der Waals surface area contributed by atoms with Gasteiger partial charge in [-0.3, -0.25) is 9.48 Å². The number of amides is 1. The number of hydrogen-bond donors (Lipinski definition) is 1. The van der Waals surface area contributed by atoms with Crippen LogP contribution in [0.15, 0.2) is 24.3 Å². The maximum atomic E-state index is 13.0. The van der Waals surface area contributed by atoms with Gasteiger partial charge in [-0.15, -0.1) is 0 Å². The molecule has 1 fully saturated rings. The Morgan fingerprint density at radius 1 is 1.40 bits per heavy atom. The highest BCUT2D eigenvalue weighted by molar-refractivity contribution is 6.32. The van der Waals surface area contributed by atoms with Crippen LogP contribution >= 0.6 is 11.6 Å². The van der Waals surface area contributed by atoms with Crippen LogP contribution in [-0.4, -0.2) is 15.7 Å². The third-order valence-corrected chi connectivity index (χ3v) is 4.15. The minimum Gasteiger partial charge on any atom is -0.323 e. The molecule has 0 atom stereocenters. The molecular formula is C16H12ClF3N4O. The van der Waals surface area contributed by atoms with E-state index >= 15 is 0 Å². The minimum atomic E-state index is -4.68. The smallest absolute Gasteiger partial charge is 0.323 e. The molecule has 0 spiro atoms. The van der Waals surface area contributed by atoms with Gasteiger partial charge in [-0.05, 0) is 25.0 Å². The maximum Gasteiger partial charge on any atom is 0.436 e. The summed E-state index contributed by atoms with van der Waals surface area (Å²) in [7, 11) is 0. The molecule has 1 aromatic carbocycles. The zero-order valence-electron chi connectivity index (χ0n) is 12.8. The second-order valence-electron chi connectivity index (χ2n) is 5.68. The van der Waals surface area contributed by atoms with Crippen LogP contribution in [-0.2, 0) is 17.5 Å². The number of anilines is 1. The third kappa shape index (κ3) is 3.61. The fourth-order valence-electron chi connectivity index (χ4n) is 2.52. The molecule has 130 valence electrons. The molecule has 1 aromatic heterocycles. The first-order valence-electron chi connectivity index (χ1n) is 7.43. The minimum absolute atomic E-state index is 0.115. The van der Waals surface area contributed by atoms with Gasteiger partial charge >= 0.3 is 6.18 Å². The highest BCUT2D eigenvalue weighted by Crippen LogP contribution is 2.46. The number of nitriles is 1. The fraction of sp³-hybridized carbons (Fsp3) is 0.312.